The quantitative estimate of drug-likeness (QED) is 0.109. The van der Waals surface area contributed by atoms with Crippen molar-refractivity contribution in [1.82, 2.24) is 18.9 Å². The number of imidazole rings is 1. The number of aromatic nitrogens is 4. The molecule has 0 saturated carbocycles. The maximum absolute atomic E-state index is 12.6. The Morgan fingerprint density at radius 1 is 0.585 bits per heavy atom. The second-order valence-electron chi connectivity index (χ2n) is 19.6. The predicted octanol–water partition coefficient (Wildman–Crippen LogP) is 15.3. The molecule has 0 radical (unpaired) electrons. The van der Waals surface area contributed by atoms with Gasteiger partial charge < -0.3 is 9.51 Å². The number of para-hydroxylation sites is 2. The Morgan fingerprint density at radius 3 is 2.06 bits per heavy atom. The fourth-order valence-electron chi connectivity index (χ4n) is 10.3. The largest absolute Gasteiger partial charge is 0.507 e. The van der Waals surface area contributed by atoms with Gasteiger partial charge in [0.1, 0.15) is 11.6 Å². The standard InChI is InChI=1S/C59H47N4O.Pt/c1-34-24-27-49(43(30-34)35-16-9-8-10-17-35)62-50-23-15-21-40(52(50)61-57(62)46-31-37(58(2,3)4)32-47(56(46)64)59(5,6)7)44-33-45-53-51-36(28-29-60-53)25-26-42-39-19-13-14-22-48(39)63(55(42)51)54(45)41-20-12-11-18-38(41)44;/h8-32,64H,1-7H3;/q-1;. The van der Waals surface area contributed by atoms with Gasteiger partial charge in [-0.15, -0.1) is 11.6 Å². The number of aromatic hydroxyl groups is 1. The molecule has 0 aliphatic heterocycles. The van der Waals surface area contributed by atoms with E-state index in [9.17, 15) is 5.11 Å². The van der Waals surface area contributed by atoms with Crippen LogP contribution in [-0.4, -0.2) is 24.0 Å². The predicted molar refractivity (Wildman–Crippen MR) is 267 cm³/mol. The molecular formula is C59H47N4OPt-. The van der Waals surface area contributed by atoms with Gasteiger partial charge in [0.25, 0.3) is 0 Å². The van der Waals surface area contributed by atoms with Gasteiger partial charge in [-0.1, -0.05) is 178 Å². The van der Waals surface area contributed by atoms with Crippen molar-refractivity contribution in [3.05, 3.63) is 175 Å². The Morgan fingerprint density at radius 2 is 1.29 bits per heavy atom. The van der Waals surface area contributed by atoms with E-state index >= 15 is 0 Å². The SMILES string of the molecule is Cc1ccc(-n2c(-c3cc(C(C)(C)C)cc(C(C)(C)C)c3O)nc3c(-c4[c-]c5c6nccc7ccc8c9ccccc9n(c5c5ccccc45)c8c76)cccc32)c(-c2ccccc2)c1.[Pt]. The van der Waals surface area contributed by atoms with Crippen molar-refractivity contribution in [2.24, 2.45) is 0 Å². The molecule has 320 valence electrons. The van der Waals surface area contributed by atoms with E-state index in [2.05, 4.69) is 209 Å². The van der Waals surface area contributed by atoms with Gasteiger partial charge in [0.2, 0.25) is 0 Å². The van der Waals surface area contributed by atoms with Crippen molar-refractivity contribution in [3.8, 4) is 45.1 Å². The number of phenols is 1. The van der Waals surface area contributed by atoms with E-state index in [-0.39, 0.29) is 37.6 Å². The average Bonchev–Trinajstić information content (AvgIpc) is 3.85. The van der Waals surface area contributed by atoms with Crippen molar-refractivity contribution in [2.75, 3.05) is 0 Å². The smallest absolute Gasteiger partial charge is 0.148 e. The minimum atomic E-state index is -0.329. The van der Waals surface area contributed by atoms with E-state index in [1.54, 1.807) is 0 Å². The zero-order chi connectivity index (χ0) is 43.8. The Labute approximate surface area is 392 Å². The summed E-state index contributed by atoms with van der Waals surface area (Å²) in [5.74, 6) is 0.933. The van der Waals surface area contributed by atoms with E-state index in [4.69, 9.17) is 9.97 Å². The molecule has 0 spiro atoms. The number of phenolic OH excluding ortho intramolecular Hbond substituents is 1. The molecule has 0 aliphatic carbocycles. The zero-order valence-corrected chi connectivity index (χ0v) is 39.8. The molecule has 1 N–H and O–H groups in total. The van der Waals surface area contributed by atoms with Crippen LogP contribution in [0.5, 0.6) is 5.75 Å². The Balaban J connectivity index is 0.00000469. The molecule has 8 aromatic carbocycles. The van der Waals surface area contributed by atoms with Crippen LogP contribution >= 0.6 is 0 Å². The molecule has 65 heavy (non-hydrogen) atoms. The molecule has 0 aliphatic rings. The number of pyridine rings is 2. The molecule has 5 nitrogen and oxygen atoms in total. The van der Waals surface area contributed by atoms with Gasteiger partial charge in [-0.25, -0.2) is 4.98 Å². The van der Waals surface area contributed by atoms with Gasteiger partial charge in [-0.3, -0.25) is 9.55 Å². The van der Waals surface area contributed by atoms with Crippen LogP contribution in [0.4, 0.5) is 0 Å². The first kappa shape index (κ1) is 40.9. The molecule has 12 rings (SSSR count). The summed E-state index contributed by atoms with van der Waals surface area (Å²) in [6, 6.07) is 56.1. The van der Waals surface area contributed by atoms with Crippen LogP contribution in [0.25, 0.3) is 110 Å². The van der Waals surface area contributed by atoms with Gasteiger partial charge in [0, 0.05) is 65.7 Å². The number of benzene rings is 8. The van der Waals surface area contributed by atoms with Crippen LogP contribution in [0.2, 0.25) is 0 Å². The molecule has 0 atom stereocenters. The van der Waals surface area contributed by atoms with Crippen molar-refractivity contribution in [3.63, 3.8) is 0 Å². The molecular weight excluding hydrogens is 976 g/mol. The minimum absolute atomic E-state index is 0. The summed E-state index contributed by atoms with van der Waals surface area (Å²) in [5.41, 5.74) is 14.6. The summed E-state index contributed by atoms with van der Waals surface area (Å²) in [5, 5.41) is 20.5. The molecule has 4 aromatic heterocycles. The van der Waals surface area contributed by atoms with Crippen LogP contribution in [0, 0.1) is 13.0 Å². The molecule has 0 saturated heterocycles. The molecule has 0 fully saturated rings. The van der Waals surface area contributed by atoms with E-state index in [1.165, 1.54) is 16.3 Å². The molecule has 6 heteroatoms. The van der Waals surface area contributed by atoms with E-state index in [0.717, 1.165) is 99.1 Å². The summed E-state index contributed by atoms with van der Waals surface area (Å²) in [6.07, 6.45) is 1.93. The summed E-state index contributed by atoms with van der Waals surface area (Å²) in [7, 11) is 0. The van der Waals surface area contributed by atoms with Crippen molar-refractivity contribution in [2.45, 2.75) is 59.3 Å². The second-order valence-corrected chi connectivity index (χ2v) is 19.6. The number of nitrogens with zero attached hydrogens (tertiary/aromatic N) is 4. The first-order valence-corrected chi connectivity index (χ1v) is 22.2. The Kier molecular flexibility index (Phi) is 9.20. The Bertz CT molecular complexity index is 3880. The van der Waals surface area contributed by atoms with Gasteiger partial charge in [-0.2, -0.15) is 0 Å². The maximum Gasteiger partial charge on any atom is 0.148 e. The monoisotopic (exact) mass is 1020 g/mol. The number of aryl methyl sites for hydroxylation is 1. The van der Waals surface area contributed by atoms with Crippen molar-refractivity contribution in [1.29, 1.82) is 0 Å². The second kappa shape index (κ2) is 14.6. The minimum Gasteiger partial charge on any atom is -0.507 e. The van der Waals surface area contributed by atoms with Crippen LogP contribution in [0.3, 0.4) is 0 Å². The third-order valence-electron chi connectivity index (χ3n) is 13.4. The van der Waals surface area contributed by atoms with Gasteiger partial charge in [0.15, 0.2) is 0 Å². The van der Waals surface area contributed by atoms with Crippen LogP contribution < -0.4 is 0 Å². The van der Waals surface area contributed by atoms with Gasteiger partial charge in [-0.05, 0) is 81.6 Å². The molecule has 12 aromatic rings. The first-order chi connectivity index (χ1) is 30.9. The van der Waals surface area contributed by atoms with E-state index < -0.39 is 0 Å². The number of rotatable bonds is 4. The van der Waals surface area contributed by atoms with Crippen molar-refractivity contribution >= 4 is 70.8 Å². The fourth-order valence-corrected chi connectivity index (χ4v) is 10.3. The van der Waals surface area contributed by atoms with Crippen LogP contribution in [0.1, 0.15) is 58.2 Å². The molecule has 4 heterocycles. The normalized spacial score (nSPS) is 12.5. The van der Waals surface area contributed by atoms with E-state index in [0.29, 0.717) is 11.4 Å². The molecule has 0 amide bonds. The number of hydrogen-bond donors (Lipinski definition) is 1. The molecule has 0 bridgehead atoms. The Hall–Kier alpha value is -6.81. The number of fused-ring (bicyclic) bond motifs is 9. The molecule has 0 unspecified atom stereocenters. The topological polar surface area (TPSA) is 55.3 Å². The average molecular weight is 1020 g/mol. The summed E-state index contributed by atoms with van der Waals surface area (Å²) in [6.45, 7) is 15.3. The van der Waals surface area contributed by atoms with Crippen LogP contribution in [0.15, 0.2) is 152 Å². The van der Waals surface area contributed by atoms with E-state index in [1.807, 2.05) is 6.20 Å². The van der Waals surface area contributed by atoms with Gasteiger partial charge in [0.05, 0.1) is 22.3 Å². The maximum atomic E-state index is 12.6. The van der Waals surface area contributed by atoms with Crippen LogP contribution in [-0.2, 0) is 31.9 Å². The van der Waals surface area contributed by atoms with Crippen molar-refractivity contribution < 1.29 is 26.2 Å². The summed E-state index contributed by atoms with van der Waals surface area (Å²) in [4.78, 5) is 10.9. The third-order valence-corrected chi connectivity index (χ3v) is 13.4. The zero-order valence-electron chi connectivity index (χ0n) is 37.5. The first-order valence-electron chi connectivity index (χ1n) is 22.2. The van der Waals surface area contributed by atoms with Gasteiger partial charge >= 0.3 is 0 Å². The number of hydrogen-bond acceptors (Lipinski definition) is 3. The summed E-state index contributed by atoms with van der Waals surface area (Å²) >= 11 is 0. The third kappa shape index (κ3) is 6.09. The fraction of sp³-hybridized carbons (Fsp3) is 0.153. The summed E-state index contributed by atoms with van der Waals surface area (Å²) < 4.78 is 4.73.